The van der Waals surface area contributed by atoms with E-state index in [1.54, 1.807) is 31.2 Å². The molecule has 206 valence electrons. The van der Waals surface area contributed by atoms with Gasteiger partial charge in [0.15, 0.2) is 0 Å². The Labute approximate surface area is 220 Å². The molecule has 3 N–H and O–H groups in total. The summed E-state index contributed by atoms with van der Waals surface area (Å²) in [5, 5.41) is 14.1. The Bertz CT molecular complexity index is 1030. The monoisotopic (exact) mass is 532 g/mol. The van der Waals surface area contributed by atoms with E-state index in [0.717, 1.165) is 11.1 Å². The number of amides is 2. The van der Waals surface area contributed by atoms with Crippen LogP contribution in [-0.4, -0.2) is 61.7 Å². The van der Waals surface area contributed by atoms with Crippen LogP contribution in [0.15, 0.2) is 48.5 Å². The van der Waals surface area contributed by atoms with Crippen LogP contribution in [0.5, 0.6) is 5.75 Å². The molecule has 10 nitrogen and oxygen atoms in total. The lowest BCUT2D eigenvalue weighted by Gasteiger charge is -2.18. The minimum absolute atomic E-state index is 0.00922. The SMILES string of the molecule is CCC[C@H](NC(=O)O[C@@H](CCCCNC(=O)c1ccc(-c2ccc(OCCF)cc2)cc1)OC=O)C(=O)O. The molecule has 11 heteroatoms. The number of carbonyl (C=O) groups is 4. The second kappa shape index (κ2) is 16.6. The molecule has 0 aliphatic rings. The fraction of sp³-hybridized carbons (Fsp3) is 0.407. The van der Waals surface area contributed by atoms with Gasteiger partial charge in [0.25, 0.3) is 12.4 Å². The predicted molar refractivity (Wildman–Crippen MR) is 136 cm³/mol. The Morgan fingerprint density at radius 3 is 2.24 bits per heavy atom. The standard InChI is InChI=1S/C27H33FN2O8/c1-2-5-23(26(33)34)30-27(35)38-24(37-18-31)6-3-4-16-29-25(32)21-9-7-19(8-10-21)20-11-13-22(14-12-20)36-17-15-28/h7-14,18,23-24H,2-6,15-17H2,1H3,(H,29,32)(H,30,35)(H,33,34)/t23-,24-/m0/s1. The zero-order chi connectivity index (χ0) is 27.8. The van der Waals surface area contributed by atoms with Crippen LogP contribution in [0.3, 0.4) is 0 Å². The number of rotatable bonds is 17. The fourth-order valence-corrected chi connectivity index (χ4v) is 3.51. The Hall–Kier alpha value is -4.15. The zero-order valence-electron chi connectivity index (χ0n) is 21.2. The topological polar surface area (TPSA) is 140 Å². The quantitative estimate of drug-likeness (QED) is 0.157. The molecule has 2 atom stereocenters. The van der Waals surface area contributed by atoms with Crippen molar-refractivity contribution in [2.75, 3.05) is 19.8 Å². The third-order valence-corrected chi connectivity index (χ3v) is 5.45. The van der Waals surface area contributed by atoms with Crippen molar-refractivity contribution in [2.24, 2.45) is 0 Å². The molecule has 2 aromatic rings. The van der Waals surface area contributed by atoms with Gasteiger partial charge in [0, 0.05) is 18.5 Å². The van der Waals surface area contributed by atoms with Gasteiger partial charge in [-0.05, 0) is 54.7 Å². The highest BCUT2D eigenvalue weighted by atomic mass is 19.1. The maximum Gasteiger partial charge on any atom is 0.410 e. The molecule has 0 saturated heterocycles. The van der Waals surface area contributed by atoms with Crippen molar-refractivity contribution >= 4 is 24.4 Å². The fourth-order valence-electron chi connectivity index (χ4n) is 3.51. The molecule has 0 aliphatic carbocycles. The van der Waals surface area contributed by atoms with Gasteiger partial charge in [-0.3, -0.25) is 9.59 Å². The van der Waals surface area contributed by atoms with Crippen LogP contribution < -0.4 is 15.4 Å². The van der Waals surface area contributed by atoms with Crippen LogP contribution in [-0.2, 0) is 19.1 Å². The van der Waals surface area contributed by atoms with Crippen LogP contribution in [0.4, 0.5) is 9.18 Å². The van der Waals surface area contributed by atoms with Crippen LogP contribution in [0, 0.1) is 0 Å². The first-order chi connectivity index (χ1) is 18.4. The molecule has 0 unspecified atom stereocenters. The summed E-state index contributed by atoms with van der Waals surface area (Å²) in [4.78, 5) is 46.3. The van der Waals surface area contributed by atoms with Crippen molar-refractivity contribution in [3.8, 4) is 16.9 Å². The summed E-state index contributed by atoms with van der Waals surface area (Å²) < 4.78 is 27.2. The maximum absolute atomic E-state index is 12.4. The number of alkyl halides is 1. The molecule has 0 spiro atoms. The largest absolute Gasteiger partial charge is 0.491 e. The summed E-state index contributed by atoms with van der Waals surface area (Å²) >= 11 is 0. The Kier molecular flexibility index (Phi) is 13.1. The van der Waals surface area contributed by atoms with E-state index < -0.39 is 31.1 Å². The minimum atomic E-state index is -1.18. The van der Waals surface area contributed by atoms with Gasteiger partial charge in [0.05, 0.1) is 0 Å². The van der Waals surface area contributed by atoms with Crippen molar-refractivity contribution in [2.45, 2.75) is 51.4 Å². The summed E-state index contributed by atoms with van der Waals surface area (Å²) in [6, 6.07) is 13.2. The first-order valence-corrected chi connectivity index (χ1v) is 12.3. The third-order valence-electron chi connectivity index (χ3n) is 5.45. The van der Waals surface area contributed by atoms with E-state index in [9.17, 15) is 23.6 Å². The summed E-state index contributed by atoms with van der Waals surface area (Å²) in [5.74, 6) is -0.851. The van der Waals surface area contributed by atoms with Gasteiger partial charge in [0.2, 0.25) is 6.29 Å². The summed E-state index contributed by atoms with van der Waals surface area (Å²) in [6.45, 7) is 1.74. The molecule has 0 aromatic heterocycles. The number of halogens is 1. The van der Waals surface area contributed by atoms with Crippen LogP contribution in [0.25, 0.3) is 11.1 Å². The molecule has 0 aliphatic heterocycles. The van der Waals surface area contributed by atoms with Gasteiger partial charge in [-0.1, -0.05) is 37.6 Å². The lowest BCUT2D eigenvalue weighted by Crippen LogP contribution is -2.42. The number of aliphatic carboxylic acids is 1. The molecule has 2 amide bonds. The van der Waals surface area contributed by atoms with E-state index in [-0.39, 0.29) is 31.8 Å². The molecule has 0 saturated carbocycles. The molecular weight excluding hydrogens is 499 g/mol. The molecule has 0 radical (unpaired) electrons. The highest BCUT2D eigenvalue weighted by Crippen LogP contribution is 2.23. The molecule has 0 heterocycles. The number of carbonyl (C=O) groups excluding carboxylic acids is 3. The molecule has 0 bridgehead atoms. The third kappa shape index (κ3) is 10.5. The molecule has 0 fully saturated rings. The normalized spacial score (nSPS) is 12.1. The highest BCUT2D eigenvalue weighted by molar-refractivity contribution is 5.94. The van der Waals surface area contributed by atoms with E-state index in [4.69, 9.17) is 19.3 Å². The number of ether oxygens (including phenoxy) is 3. The van der Waals surface area contributed by atoms with Gasteiger partial charge < -0.3 is 30.0 Å². The maximum atomic E-state index is 12.4. The predicted octanol–water partition coefficient (Wildman–Crippen LogP) is 4.08. The summed E-state index contributed by atoms with van der Waals surface area (Å²) in [7, 11) is 0. The van der Waals surface area contributed by atoms with Crippen molar-refractivity contribution in [1.29, 1.82) is 0 Å². The van der Waals surface area contributed by atoms with Gasteiger partial charge in [0.1, 0.15) is 25.1 Å². The van der Waals surface area contributed by atoms with E-state index in [1.165, 1.54) is 0 Å². The van der Waals surface area contributed by atoms with Crippen molar-refractivity contribution in [3.05, 3.63) is 54.1 Å². The number of hydrogen-bond acceptors (Lipinski definition) is 7. The zero-order valence-corrected chi connectivity index (χ0v) is 21.2. The average molecular weight is 533 g/mol. The van der Waals surface area contributed by atoms with E-state index in [0.29, 0.717) is 37.1 Å². The van der Waals surface area contributed by atoms with Crippen LogP contribution in [0.2, 0.25) is 0 Å². The number of nitrogens with one attached hydrogen (secondary N) is 2. The summed E-state index contributed by atoms with van der Waals surface area (Å²) in [6.07, 6.45) is -0.205. The van der Waals surface area contributed by atoms with Gasteiger partial charge in [-0.15, -0.1) is 0 Å². The van der Waals surface area contributed by atoms with Crippen molar-refractivity contribution < 1.29 is 42.9 Å². The van der Waals surface area contributed by atoms with Crippen molar-refractivity contribution in [3.63, 3.8) is 0 Å². The van der Waals surface area contributed by atoms with Crippen molar-refractivity contribution in [1.82, 2.24) is 10.6 Å². The number of carboxylic acid groups (broad SMARTS) is 1. The Morgan fingerprint density at radius 2 is 1.66 bits per heavy atom. The van der Waals surface area contributed by atoms with Crippen LogP contribution in [0.1, 0.15) is 49.4 Å². The lowest BCUT2D eigenvalue weighted by molar-refractivity contribution is -0.154. The first kappa shape index (κ1) is 30.1. The van der Waals surface area contributed by atoms with E-state index >= 15 is 0 Å². The molecule has 2 aromatic carbocycles. The lowest BCUT2D eigenvalue weighted by atomic mass is 10.0. The summed E-state index contributed by atoms with van der Waals surface area (Å²) in [5.41, 5.74) is 2.32. The van der Waals surface area contributed by atoms with Crippen LogP contribution >= 0.6 is 0 Å². The number of alkyl carbamates (subject to hydrolysis) is 1. The van der Waals surface area contributed by atoms with Gasteiger partial charge in [-0.2, -0.15) is 0 Å². The molecule has 2 rings (SSSR count). The second-order valence-electron chi connectivity index (χ2n) is 8.28. The van der Waals surface area contributed by atoms with E-state index in [2.05, 4.69) is 10.6 Å². The molecule has 38 heavy (non-hydrogen) atoms. The van der Waals surface area contributed by atoms with Gasteiger partial charge in [-0.25, -0.2) is 14.0 Å². The Balaban J connectivity index is 1.75. The molecular formula is C27H33FN2O8. The average Bonchev–Trinajstić information content (AvgIpc) is 2.91. The Morgan fingerprint density at radius 1 is 1.00 bits per heavy atom. The van der Waals surface area contributed by atoms with E-state index in [1.807, 2.05) is 24.3 Å². The minimum Gasteiger partial charge on any atom is -0.491 e. The number of hydrogen-bond donors (Lipinski definition) is 3. The number of carboxylic acids is 1. The smallest absolute Gasteiger partial charge is 0.410 e. The van der Waals surface area contributed by atoms with Gasteiger partial charge >= 0.3 is 12.1 Å². The number of unbranched alkanes of at least 4 members (excludes halogenated alkanes) is 1. The second-order valence-corrected chi connectivity index (χ2v) is 8.28. The highest BCUT2D eigenvalue weighted by Gasteiger charge is 2.22. The first-order valence-electron chi connectivity index (χ1n) is 12.3. The number of benzene rings is 2.